The zero-order valence-electron chi connectivity index (χ0n) is 13.2. The minimum atomic E-state index is 0.247. The first-order valence-corrected chi connectivity index (χ1v) is 8.62. The number of fused-ring (bicyclic) bond motifs is 4. The van der Waals surface area contributed by atoms with Gasteiger partial charge in [0.15, 0.2) is 11.5 Å². The summed E-state index contributed by atoms with van der Waals surface area (Å²) in [6.07, 6.45) is 1.00. The van der Waals surface area contributed by atoms with E-state index in [0.717, 1.165) is 25.1 Å². The van der Waals surface area contributed by atoms with Crippen molar-refractivity contribution in [1.82, 2.24) is 4.90 Å². The first-order valence-electron chi connectivity index (χ1n) is 7.80. The van der Waals surface area contributed by atoms with Crippen molar-refractivity contribution in [3.8, 4) is 11.5 Å². The second kappa shape index (κ2) is 5.00. The third-order valence-electron chi connectivity index (χ3n) is 4.99. The molecule has 0 saturated heterocycles. The van der Waals surface area contributed by atoms with Crippen LogP contribution in [0.15, 0.2) is 18.2 Å². The van der Waals surface area contributed by atoms with E-state index in [9.17, 15) is 5.11 Å². The van der Waals surface area contributed by atoms with Crippen LogP contribution in [0.5, 0.6) is 11.5 Å². The highest BCUT2D eigenvalue weighted by molar-refractivity contribution is 7.12. The molecule has 0 aliphatic carbocycles. The number of aryl methyl sites for hydroxylation is 1. The Labute approximate surface area is 135 Å². The Morgan fingerprint density at radius 3 is 2.95 bits per heavy atom. The smallest absolute Gasteiger partial charge is 0.165 e. The molecule has 2 aliphatic rings. The Balaban J connectivity index is 1.80. The number of ether oxygens (including phenoxy) is 1. The average Bonchev–Trinajstić information content (AvgIpc) is 2.88. The highest BCUT2D eigenvalue weighted by atomic mass is 32.1. The van der Waals surface area contributed by atoms with Crippen molar-refractivity contribution in [3.63, 3.8) is 0 Å². The Bertz CT molecular complexity index is 737. The van der Waals surface area contributed by atoms with Gasteiger partial charge in [-0.15, -0.1) is 11.3 Å². The molecule has 0 fully saturated rings. The summed E-state index contributed by atoms with van der Waals surface area (Å²) in [5.41, 5.74) is 3.97. The summed E-state index contributed by atoms with van der Waals surface area (Å²) in [7, 11) is 1.64. The second-order valence-corrected chi connectivity index (χ2v) is 7.77. The number of hydrogen-bond donors (Lipinski definition) is 1. The fourth-order valence-electron chi connectivity index (χ4n) is 4.03. The first kappa shape index (κ1) is 14.1. The summed E-state index contributed by atoms with van der Waals surface area (Å²) in [6.45, 7) is 6.46. The third kappa shape index (κ3) is 1.97. The summed E-state index contributed by atoms with van der Waals surface area (Å²) >= 11 is 1.95. The largest absolute Gasteiger partial charge is 0.504 e. The van der Waals surface area contributed by atoms with Crippen molar-refractivity contribution in [1.29, 1.82) is 0 Å². The maximum atomic E-state index is 10.0. The minimum Gasteiger partial charge on any atom is -0.504 e. The van der Waals surface area contributed by atoms with E-state index in [1.54, 1.807) is 18.1 Å². The van der Waals surface area contributed by atoms with Gasteiger partial charge in [0, 0.05) is 40.4 Å². The molecule has 4 heteroatoms. The molecule has 0 bridgehead atoms. The predicted molar refractivity (Wildman–Crippen MR) is 89.0 cm³/mol. The molecule has 0 saturated carbocycles. The Hall–Kier alpha value is -1.52. The molecular weight excluding hydrogens is 294 g/mol. The van der Waals surface area contributed by atoms with Crippen LogP contribution in [0.3, 0.4) is 0 Å². The highest BCUT2D eigenvalue weighted by Crippen LogP contribution is 2.47. The Kier molecular flexibility index (Phi) is 3.20. The van der Waals surface area contributed by atoms with Crippen LogP contribution in [-0.2, 0) is 13.0 Å². The van der Waals surface area contributed by atoms with Gasteiger partial charge in [0.2, 0.25) is 0 Å². The fourth-order valence-corrected chi connectivity index (χ4v) is 5.15. The molecule has 116 valence electrons. The molecular formula is C18H21NO2S. The normalized spacial score (nSPS) is 23.6. The van der Waals surface area contributed by atoms with Crippen LogP contribution in [0.1, 0.15) is 45.3 Å². The molecule has 1 N–H and O–H groups in total. The lowest BCUT2D eigenvalue weighted by molar-refractivity contribution is 0.147. The van der Waals surface area contributed by atoms with Crippen molar-refractivity contribution >= 4 is 11.3 Å². The van der Waals surface area contributed by atoms with Crippen LogP contribution in [0.25, 0.3) is 0 Å². The molecule has 1 unspecified atom stereocenters. The fraction of sp³-hybridized carbons (Fsp3) is 0.444. The zero-order chi connectivity index (χ0) is 15.4. The van der Waals surface area contributed by atoms with Gasteiger partial charge < -0.3 is 9.84 Å². The van der Waals surface area contributed by atoms with Gasteiger partial charge in [0.05, 0.1) is 7.11 Å². The number of methoxy groups -OCH3 is 1. The summed E-state index contributed by atoms with van der Waals surface area (Å²) in [6, 6.07) is 6.66. The minimum absolute atomic E-state index is 0.247. The standard InChI is InChI=1S/C18H21NO2S/c1-10-8-19-9-14-12(4-5-16(20)17(14)21-3)7-15(19)13-6-11(2)22-18(10)13/h4-6,10,15,20H,7-9H2,1-3H3/t10?,15-/m0/s1. The molecule has 4 rings (SSSR count). The average molecular weight is 315 g/mol. The first-order chi connectivity index (χ1) is 10.6. The third-order valence-corrected chi connectivity index (χ3v) is 6.28. The van der Waals surface area contributed by atoms with Crippen LogP contribution in [0, 0.1) is 6.92 Å². The molecule has 1 aromatic heterocycles. The van der Waals surface area contributed by atoms with Crippen LogP contribution < -0.4 is 4.74 Å². The van der Waals surface area contributed by atoms with E-state index >= 15 is 0 Å². The van der Waals surface area contributed by atoms with Crippen molar-refractivity contribution < 1.29 is 9.84 Å². The number of rotatable bonds is 1. The molecule has 22 heavy (non-hydrogen) atoms. The lowest BCUT2D eigenvalue weighted by Gasteiger charge is -2.42. The summed E-state index contributed by atoms with van der Waals surface area (Å²) < 4.78 is 5.45. The summed E-state index contributed by atoms with van der Waals surface area (Å²) in [4.78, 5) is 5.52. The molecule has 3 heterocycles. The van der Waals surface area contributed by atoms with Crippen molar-refractivity contribution in [3.05, 3.63) is 44.6 Å². The van der Waals surface area contributed by atoms with E-state index in [1.807, 2.05) is 11.3 Å². The van der Waals surface area contributed by atoms with Crippen molar-refractivity contribution in [2.75, 3.05) is 13.7 Å². The predicted octanol–water partition coefficient (Wildman–Crippen LogP) is 3.99. The van der Waals surface area contributed by atoms with Gasteiger partial charge >= 0.3 is 0 Å². The van der Waals surface area contributed by atoms with E-state index in [-0.39, 0.29) is 5.75 Å². The molecule has 3 nitrogen and oxygen atoms in total. The van der Waals surface area contributed by atoms with E-state index in [0.29, 0.717) is 17.7 Å². The van der Waals surface area contributed by atoms with Gasteiger partial charge in [-0.3, -0.25) is 4.90 Å². The lowest BCUT2D eigenvalue weighted by Crippen LogP contribution is -2.40. The van der Waals surface area contributed by atoms with Crippen LogP contribution in [-0.4, -0.2) is 23.7 Å². The number of phenols is 1. The van der Waals surface area contributed by atoms with Crippen LogP contribution in [0.2, 0.25) is 0 Å². The van der Waals surface area contributed by atoms with Crippen LogP contribution in [0.4, 0.5) is 0 Å². The lowest BCUT2D eigenvalue weighted by atomic mass is 9.84. The van der Waals surface area contributed by atoms with Gasteiger partial charge in [-0.2, -0.15) is 0 Å². The molecule has 0 radical (unpaired) electrons. The van der Waals surface area contributed by atoms with Gasteiger partial charge in [-0.1, -0.05) is 13.0 Å². The van der Waals surface area contributed by atoms with Crippen molar-refractivity contribution in [2.45, 2.75) is 38.8 Å². The molecule has 2 aromatic rings. The monoisotopic (exact) mass is 315 g/mol. The van der Waals surface area contributed by atoms with Crippen molar-refractivity contribution in [2.24, 2.45) is 0 Å². The van der Waals surface area contributed by atoms with E-state index in [4.69, 9.17) is 4.74 Å². The van der Waals surface area contributed by atoms with Gasteiger partial charge in [0.1, 0.15) is 0 Å². The zero-order valence-corrected chi connectivity index (χ0v) is 14.0. The topological polar surface area (TPSA) is 32.7 Å². The van der Waals surface area contributed by atoms with Gasteiger partial charge in [0.25, 0.3) is 0 Å². The maximum absolute atomic E-state index is 10.0. The number of aromatic hydroxyl groups is 1. The summed E-state index contributed by atoms with van der Waals surface area (Å²) in [5.74, 6) is 1.47. The molecule has 2 atom stereocenters. The quantitative estimate of drug-likeness (QED) is 0.864. The number of benzene rings is 1. The maximum Gasteiger partial charge on any atom is 0.165 e. The van der Waals surface area contributed by atoms with Crippen LogP contribution >= 0.6 is 11.3 Å². The van der Waals surface area contributed by atoms with Gasteiger partial charge in [-0.05, 0) is 36.6 Å². The number of phenolic OH excluding ortho intramolecular Hbond substituents is 1. The van der Waals surface area contributed by atoms with E-state index < -0.39 is 0 Å². The highest BCUT2D eigenvalue weighted by Gasteiger charge is 2.37. The van der Waals surface area contributed by atoms with E-state index in [1.165, 1.54) is 16.0 Å². The molecule has 2 aliphatic heterocycles. The number of hydrogen-bond acceptors (Lipinski definition) is 4. The van der Waals surface area contributed by atoms with Gasteiger partial charge in [-0.25, -0.2) is 0 Å². The molecule has 1 aromatic carbocycles. The van der Waals surface area contributed by atoms with E-state index in [2.05, 4.69) is 30.9 Å². The second-order valence-electron chi connectivity index (χ2n) is 6.48. The SMILES string of the molecule is COc1c(O)ccc2c1CN1CC(C)c3sc(C)cc3[C@@H]1C2. The Morgan fingerprint density at radius 1 is 1.36 bits per heavy atom. The number of nitrogens with zero attached hydrogens (tertiary/aromatic N) is 1. The Morgan fingerprint density at radius 2 is 2.18 bits per heavy atom. The summed E-state index contributed by atoms with van der Waals surface area (Å²) in [5, 5.41) is 10.0. The molecule has 0 spiro atoms. The molecule has 0 amide bonds. The number of thiophene rings is 1.